The third kappa shape index (κ3) is 2.44. The van der Waals surface area contributed by atoms with Crippen molar-refractivity contribution in [3.63, 3.8) is 0 Å². The van der Waals surface area contributed by atoms with Gasteiger partial charge in [-0.05, 0) is 25.0 Å². The first-order valence-corrected chi connectivity index (χ1v) is 5.86. The number of carboxylic acid groups (broad SMARTS) is 1. The van der Waals surface area contributed by atoms with Crippen LogP contribution in [0.2, 0.25) is 0 Å². The molecule has 19 heavy (non-hydrogen) atoms. The molecule has 102 valence electrons. The highest BCUT2D eigenvalue weighted by Crippen LogP contribution is 2.34. The van der Waals surface area contributed by atoms with Crippen LogP contribution in [0.3, 0.4) is 0 Å². The van der Waals surface area contributed by atoms with Gasteiger partial charge < -0.3 is 14.7 Å². The van der Waals surface area contributed by atoms with Crippen LogP contribution in [-0.2, 0) is 4.79 Å². The average Bonchev–Trinajstić information content (AvgIpc) is 2.87. The molecule has 1 aromatic carbocycles. The van der Waals surface area contributed by atoms with Crippen molar-refractivity contribution in [2.24, 2.45) is 0 Å². The molecule has 1 aromatic rings. The first kappa shape index (κ1) is 13.1. The van der Waals surface area contributed by atoms with E-state index in [2.05, 4.69) is 0 Å². The Hall–Kier alpha value is -2.31. The van der Waals surface area contributed by atoms with Crippen molar-refractivity contribution >= 4 is 17.3 Å². The lowest BCUT2D eigenvalue weighted by molar-refractivity contribution is -0.385. The normalized spacial score (nSPS) is 18.4. The summed E-state index contributed by atoms with van der Waals surface area (Å²) in [6.45, 7) is 0.584. The molecule has 0 unspecified atom stereocenters. The van der Waals surface area contributed by atoms with Gasteiger partial charge in [0.25, 0.3) is 0 Å². The second kappa shape index (κ2) is 5.13. The van der Waals surface area contributed by atoms with Gasteiger partial charge in [0, 0.05) is 18.3 Å². The minimum Gasteiger partial charge on any atom is -0.490 e. The second-order valence-corrected chi connectivity index (χ2v) is 4.30. The number of ether oxygens (including phenoxy) is 1. The van der Waals surface area contributed by atoms with Crippen LogP contribution in [-0.4, -0.2) is 35.7 Å². The van der Waals surface area contributed by atoms with Crippen molar-refractivity contribution in [3.05, 3.63) is 28.3 Å². The maximum atomic E-state index is 11.1. The third-order valence-electron chi connectivity index (χ3n) is 3.23. The molecule has 1 saturated heterocycles. The molecule has 2 rings (SSSR count). The summed E-state index contributed by atoms with van der Waals surface area (Å²) >= 11 is 0. The predicted molar refractivity (Wildman–Crippen MR) is 67.7 cm³/mol. The molecule has 0 aliphatic carbocycles. The van der Waals surface area contributed by atoms with Crippen LogP contribution < -0.4 is 9.64 Å². The van der Waals surface area contributed by atoms with Crippen LogP contribution >= 0.6 is 0 Å². The first-order valence-electron chi connectivity index (χ1n) is 5.86. The summed E-state index contributed by atoms with van der Waals surface area (Å²) in [6, 6.07) is 3.88. The summed E-state index contributed by atoms with van der Waals surface area (Å²) in [7, 11) is 1.36. The Morgan fingerprint density at radius 2 is 2.32 bits per heavy atom. The van der Waals surface area contributed by atoms with E-state index in [0.29, 0.717) is 18.7 Å². The molecule has 0 aromatic heterocycles. The van der Waals surface area contributed by atoms with E-state index in [0.717, 1.165) is 6.42 Å². The SMILES string of the molecule is COc1ccc(N2CCC[C@H]2C(=O)O)cc1[N+](=O)[O-]. The lowest BCUT2D eigenvalue weighted by atomic mass is 10.2. The molecular weight excluding hydrogens is 252 g/mol. The summed E-state index contributed by atoms with van der Waals surface area (Å²) in [4.78, 5) is 23.2. The fourth-order valence-electron chi connectivity index (χ4n) is 2.33. The number of nitro groups is 1. The molecule has 0 amide bonds. The van der Waals surface area contributed by atoms with Crippen LogP contribution in [0.5, 0.6) is 5.75 Å². The summed E-state index contributed by atoms with van der Waals surface area (Å²) in [5.74, 6) is -0.740. The highest BCUT2D eigenvalue weighted by atomic mass is 16.6. The van der Waals surface area contributed by atoms with Crippen LogP contribution in [0, 0.1) is 10.1 Å². The Balaban J connectivity index is 2.38. The number of methoxy groups -OCH3 is 1. The number of anilines is 1. The van der Waals surface area contributed by atoms with Crippen LogP contribution in [0.15, 0.2) is 18.2 Å². The number of benzene rings is 1. The molecule has 1 aliphatic heterocycles. The largest absolute Gasteiger partial charge is 0.490 e. The number of carboxylic acids is 1. The lowest BCUT2D eigenvalue weighted by Crippen LogP contribution is -2.35. The Labute approximate surface area is 109 Å². The number of nitro benzene ring substituents is 1. The smallest absolute Gasteiger partial charge is 0.326 e. The second-order valence-electron chi connectivity index (χ2n) is 4.30. The van der Waals surface area contributed by atoms with E-state index in [1.54, 1.807) is 11.0 Å². The molecule has 7 nitrogen and oxygen atoms in total. The zero-order valence-corrected chi connectivity index (χ0v) is 10.4. The van der Waals surface area contributed by atoms with Crippen molar-refractivity contribution in [1.82, 2.24) is 0 Å². The highest BCUT2D eigenvalue weighted by Gasteiger charge is 2.31. The Morgan fingerprint density at radius 1 is 1.58 bits per heavy atom. The fraction of sp³-hybridized carbons (Fsp3) is 0.417. The number of carbonyl (C=O) groups is 1. The fourth-order valence-corrected chi connectivity index (χ4v) is 2.33. The molecule has 1 fully saturated rings. The minimum absolute atomic E-state index is 0.156. The topological polar surface area (TPSA) is 92.9 Å². The van der Waals surface area contributed by atoms with Gasteiger partial charge in [0.15, 0.2) is 5.75 Å². The van der Waals surface area contributed by atoms with Crippen molar-refractivity contribution in [2.45, 2.75) is 18.9 Å². The van der Waals surface area contributed by atoms with Gasteiger partial charge in [0.1, 0.15) is 6.04 Å². The zero-order valence-electron chi connectivity index (χ0n) is 10.4. The van der Waals surface area contributed by atoms with Crippen LogP contribution in [0.25, 0.3) is 0 Å². The molecule has 0 radical (unpaired) electrons. The number of aliphatic carboxylic acids is 1. The van der Waals surface area contributed by atoms with Gasteiger partial charge in [-0.3, -0.25) is 10.1 Å². The van der Waals surface area contributed by atoms with Gasteiger partial charge in [-0.2, -0.15) is 0 Å². The van der Waals surface area contributed by atoms with Crippen LogP contribution in [0.4, 0.5) is 11.4 Å². The molecule has 0 bridgehead atoms. The Morgan fingerprint density at radius 3 is 2.89 bits per heavy atom. The summed E-state index contributed by atoms with van der Waals surface area (Å²) in [5.41, 5.74) is 0.383. The van der Waals surface area contributed by atoms with Crippen molar-refractivity contribution in [2.75, 3.05) is 18.6 Å². The Bertz CT molecular complexity index is 517. The number of nitrogens with zero attached hydrogens (tertiary/aromatic N) is 2. The molecule has 1 heterocycles. The standard InChI is InChI=1S/C12H14N2O5/c1-19-11-5-4-8(7-10(11)14(17)18)13-6-2-3-9(13)12(15)16/h4-5,7,9H,2-3,6H2,1H3,(H,15,16)/t9-/m0/s1. The van der Waals surface area contributed by atoms with Gasteiger partial charge in [-0.15, -0.1) is 0 Å². The predicted octanol–water partition coefficient (Wildman–Crippen LogP) is 1.66. The van der Waals surface area contributed by atoms with Gasteiger partial charge >= 0.3 is 11.7 Å². The highest BCUT2D eigenvalue weighted by molar-refractivity contribution is 5.79. The maximum Gasteiger partial charge on any atom is 0.326 e. The van der Waals surface area contributed by atoms with Crippen LogP contribution in [0.1, 0.15) is 12.8 Å². The third-order valence-corrected chi connectivity index (χ3v) is 3.23. The molecule has 1 atom stereocenters. The van der Waals surface area contributed by atoms with E-state index >= 15 is 0 Å². The summed E-state index contributed by atoms with van der Waals surface area (Å²) in [5, 5.41) is 20.1. The lowest BCUT2D eigenvalue weighted by Gasteiger charge is -2.23. The number of rotatable bonds is 4. The van der Waals surface area contributed by atoms with Gasteiger partial charge in [-0.1, -0.05) is 0 Å². The summed E-state index contributed by atoms with van der Waals surface area (Å²) in [6.07, 6.45) is 1.31. The Kier molecular flexibility index (Phi) is 3.55. The van der Waals surface area contributed by atoms with E-state index in [1.165, 1.54) is 19.2 Å². The molecule has 1 N–H and O–H groups in total. The molecule has 1 aliphatic rings. The molecule has 0 spiro atoms. The van der Waals surface area contributed by atoms with Gasteiger partial charge in [0.2, 0.25) is 0 Å². The summed E-state index contributed by atoms with van der Waals surface area (Å²) < 4.78 is 4.92. The van der Waals surface area contributed by atoms with Gasteiger partial charge in [-0.25, -0.2) is 4.79 Å². The van der Waals surface area contributed by atoms with E-state index in [1.807, 2.05) is 0 Å². The quantitative estimate of drug-likeness (QED) is 0.658. The molecular formula is C12H14N2O5. The van der Waals surface area contributed by atoms with Crippen molar-refractivity contribution in [3.8, 4) is 5.75 Å². The zero-order chi connectivity index (χ0) is 14.0. The van der Waals surface area contributed by atoms with Crippen molar-refractivity contribution in [1.29, 1.82) is 0 Å². The van der Waals surface area contributed by atoms with E-state index in [4.69, 9.17) is 9.84 Å². The first-order chi connectivity index (χ1) is 9.04. The monoisotopic (exact) mass is 266 g/mol. The average molecular weight is 266 g/mol. The van der Waals surface area contributed by atoms with E-state index in [9.17, 15) is 14.9 Å². The van der Waals surface area contributed by atoms with Crippen molar-refractivity contribution < 1.29 is 19.6 Å². The maximum absolute atomic E-state index is 11.1. The minimum atomic E-state index is -0.907. The number of hydrogen-bond acceptors (Lipinski definition) is 5. The molecule has 7 heteroatoms. The number of hydrogen-bond donors (Lipinski definition) is 1. The van der Waals surface area contributed by atoms with E-state index < -0.39 is 16.9 Å². The van der Waals surface area contributed by atoms with Gasteiger partial charge in [0.05, 0.1) is 12.0 Å². The van der Waals surface area contributed by atoms with E-state index in [-0.39, 0.29) is 11.4 Å². The molecule has 0 saturated carbocycles.